The molecule has 0 aliphatic rings. The van der Waals surface area contributed by atoms with Gasteiger partial charge in [-0.25, -0.2) is 17.6 Å². The second-order valence-electron chi connectivity index (χ2n) is 4.83. The molecule has 0 bridgehead atoms. The molecule has 0 aliphatic carbocycles. The quantitative estimate of drug-likeness (QED) is 0.298. The van der Waals surface area contributed by atoms with Crippen LogP contribution in [0.1, 0.15) is 15.9 Å². The van der Waals surface area contributed by atoms with Gasteiger partial charge in [-0.05, 0) is 18.4 Å². The highest BCUT2D eigenvalue weighted by molar-refractivity contribution is 7.98. The number of halogens is 4. The van der Waals surface area contributed by atoms with Crippen molar-refractivity contribution in [2.45, 2.75) is 5.22 Å². The van der Waals surface area contributed by atoms with Gasteiger partial charge in [-0.2, -0.15) is 0 Å². The molecule has 0 saturated carbocycles. The van der Waals surface area contributed by atoms with Crippen molar-refractivity contribution in [2.24, 2.45) is 0 Å². The molecule has 0 atom stereocenters. The molecule has 3 aromatic rings. The summed E-state index contributed by atoms with van der Waals surface area (Å²) in [5.41, 5.74) is -0.973. The van der Waals surface area contributed by atoms with E-state index in [4.69, 9.17) is 4.42 Å². The first-order valence-electron chi connectivity index (χ1n) is 6.78. The topological polar surface area (TPSA) is 56.0 Å². The predicted molar refractivity (Wildman–Crippen MR) is 81.2 cm³/mol. The first kappa shape index (κ1) is 17.2. The Morgan fingerprint density at radius 2 is 1.60 bits per heavy atom. The van der Waals surface area contributed by atoms with Crippen molar-refractivity contribution >= 4 is 17.5 Å². The molecule has 128 valence electrons. The molecule has 0 spiro atoms. The highest BCUT2D eigenvalue weighted by Crippen LogP contribution is 2.25. The van der Waals surface area contributed by atoms with Gasteiger partial charge in [-0.1, -0.05) is 23.9 Å². The SMILES string of the molecule is CSc1nnc(-c2ccc(C(=O)c3c(F)c(F)cc(F)c3F)cc2)o1. The van der Waals surface area contributed by atoms with E-state index in [-0.39, 0.29) is 17.5 Å². The molecule has 0 amide bonds. The maximum atomic E-state index is 13.7. The lowest BCUT2D eigenvalue weighted by atomic mass is 10.0. The lowest BCUT2D eigenvalue weighted by molar-refractivity contribution is 0.102. The van der Waals surface area contributed by atoms with Gasteiger partial charge in [0.2, 0.25) is 5.89 Å². The number of rotatable bonds is 4. The monoisotopic (exact) mass is 368 g/mol. The molecule has 0 saturated heterocycles. The number of hydrogen-bond donors (Lipinski definition) is 0. The molecule has 25 heavy (non-hydrogen) atoms. The summed E-state index contributed by atoms with van der Waals surface area (Å²) in [6.07, 6.45) is 1.75. The van der Waals surface area contributed by atoms with E-state index in [1.54, 1.807) is 6.26 Å². The van der Waals surface area contributed by atoms with Crippen LogP contribution in [0.3, 0.4) is 0 Å². The number of hydrogen-bond acceptors (Lipinski definition) is 5. The fourth-order valence-electron chi connectivity index (χ4n) is 2.09. The van der Waals surface area contributed by atoms with Crippen LogP contribution in [-0.4, -0.2) is 22.2 Å². The van der Waals surface area contributed by atoms with Gasteiger partial charge < -0.3 is 4.42 Å². The minimum absolute atomic E-state index is 0.0451. The minimum atomic E-state index is -1.74. The van der Waals surface area contributed by atoms with E-state index >= 15 is 0 Å². The van der Waals surface area contributed by atoms with Crippen LogP contribution in [0, 0.1) is 23.3 Å². The van der Waals surface area contributed by atoms with Crippen LogP contribution >= 0.6 is 11.8 Å². The Bertz CT molecular complexity index is 931. The molecule has 4 nitrogen and oxygen atoms in total. The predicted octanol–water partition coefficient (Wildman–Crippen LogP) is 4.25. The lowest BCUT2D eigenvalue weighted by Gasteiger charge is -2.06. The number of thioether (sulfide) groups is 1. The number of ketones is 1. The summed E-state index contributed by atoms with van der Waals surface area (Å²) in [7, 11) is 0. The van der Waals surface area contributed by atoms with Crippen molar-refractivity contribution in [3.05, 3.63) is 64.7 Å². The molecule has 0 unspecified atom stereocenters. The average Bonchev–Trinajstić information content (AvgIpc) is 3.09. The van der Waals surface area contributed by atoms with Crippen LogP contribution < -0.4 is 0 Å². The lowest BCUT2D eigenvalue weighted by Crippen LogP contribution is -2.11. The van der Waals surface area contributed by atoms with Crippen molar-refractivity contribution in [3.63, 3.8) is 0 Å². The van der Waals surface area contributed by atoms with Gasteiger partial charge in [0, 0.05) is 17.2 Å². The van der Waals surface area contributed by atoms with Crippen molar-refractivity contribution in [1.29, 1.82) is 0 Å². The van der Waals surface area contributed by atoms with Crippen LogP contribution in [0.5, 0.6) is 0 Å². The summed E-state index contributed by atoms with van der Waals surface area (Å²) >= 11 is 1.25. The zero-order valence-electron chi connectivity index (χ0n) is 12.5. The fourth-order valence-corrected chi connectivity index (χ4v) is 2.37. The molecule has 2 aromatic carbocycles. The standard InChI is InChI=1S/C16H8F4N2O2S/c1-25-16-22-21-15(24-16)8-4-2-7(3-5-8)14(23)11-12(19)9(17)6-10(18)13(11)20/h2-6H,1H3. The van der Waals surface area contributed by atoms with E-state index in [0.29, 0.717) is 10.8 Å². The molecule has 0 aliphatic heterocycles. The van der Waals surface area contributed by atoms with Crippen molar-refractivity contribution in [2.75, 3.05) is 6.26 Å². The zero-order valence-corrected chi connectivity index (χ0v) is 13.3. The van der Waals surface area contributed by atoms with Crippen LogP contribution in [-0.2, 0) is 0 Å². The first-order chi connectivity index (χ1) is 11.9. The Balaban J connectivity index is 1.97. The van der Waals surface area contributed by atoms with Crippen molar-refractivity contribution < 1.29 is 26.8 Å². The molecule has 0 fully saturated rings. The normalized spacial score (nSPS) is 10.9. The summed E-state index contributed by atoms with van der Waals surface area (Å²) in [5, 5.41) is 7.90. The Hall–Kier alpha value is -2.68. The van der Waals surface area contributed by atoms with Gasteiger partial charge in [-0.3, -0.25) is 4.79 Å². The van der Waals surface area contributed by atoms with Crippen LogP contribution in [0.25, 0.3) is 11.5 Å². The molecule has 3 rings (SSSR count). The number of carbonyl (C=O) groups excluding carboxylic acids is 1. The molecule has 1 aromatic heterocycles. The first-order valence-corrected chi connectivity index (χ1v) is 8.00. The van der Waals surface area contributed by atoms with E-state index in [1.807, 2.05) is 0 Å². The fraction of sp³-hybridized carbons (Fsp3) is 0.0625. The van der Waals surface area contributed by atoms with Gasteiger partial charge in [0.1, 0.15) is 5.56 Å². The molecular weight excluding hydrogens is 360 g/mol. The number of benzene rings is 2. The van der Waals surface area contributed by atoms with E-state index in [2.05, 4.69) is 10.2 Å². The summed E-state index contributed by atoms with van der Waals surface area (Å²) < 4.78 is 59.3. The van der Waals surface area contributed by atoms with Crippen LogP contribution in [0.4, 0.5) is 17.6 Å². The third-order valence-electron chi connectivity index (χ3n) is 3.31. The highest BCUT2D eigenvalue weighted by atomic mass is 32.2. The minimum Gasteiger partial charge on any atom is -0.411 e. The Labute approximate surface area is 142 Å². The maximum Gasteiger partial charge on any atom is 0.276 e. The highest BCUT2D eigenvalue weighted by Gasteiger charge is 2.25. The zero-order chi connectivity index (χ0) is 18.1. The summed E-state index contributed by atoms with van der Waals surface area (Å²) in [5.74, 6) is -7.76. The maximum absolute atomic E-state index is 13.7. The van der Waals surface area contributed by atoms with E-state index < -0.39 is 34.6 Å². The van der Waals surface area contributed by atoms with E-state index in [1.165, 1.54) is 36.0 Å². The second-order valence-corrected chi connectivity index (χ2v) is 5.58. The second kappa shape index (κ2) is 6.67. The largest absolute Gasteiger partial charge is 0.411 e. The van der Waals surface area contributed by atoms with Crippen LogP contribution in [0.2, 0.25) is 0 Å². The third kappa shape index (κ3) is 3.14. The van der Waals surface area contributed by atoms with Crippen molar-refractivity contribution in [1.82, 2.24) is 10.2 Å². The van der Waals surface area contributed by atoms with Gasteiger partial charge in [0.05, 0.1) is 0 Å². The smallest absolute Gasteiger partial charge is 0.276 e. The van der Waals surface area contributed by atoms with Gasteiger partial charge >= 0.3 is 0 Å². The summed E-state index contributed by atoms with van der Waals surface area (Å²) in [6.45, 7) is 0. The number of nitrogens with zero attached hydrogens (tertiary/aromatic N) is 2. The average molecular weight is 368 g/mol. The Morgan fingerprint density at radius 1 is 1.00 bits per heavy atom. The molecular formula is C16H8F4N2O2S. The van der Waals surface area contributed by atoms with Gasteiger partial charge in [-0.15, -0.1) is 10.2 Å². The summed E-state index contributed by atoms with van der Waals surface area (Å²) in [4.78, 5) is 12.2. The summed E-state index contributed by atoms with van der Waals surface area (Å²) in [6, 6.07) is 5.35. The molecule has 0 radical (unpaired) electrons. The van der Waals surface area contributed by atoms with Gasteiger partial charge in [0.15, 0.2) is 29.1 Å². The third-order valence-corrected chi connectivity index (χ3v) is 3.83. The number of aromatic nitrogens is 2. The van der Waals surface area contributed by atoms with E-state index in [9.17, 15) is 22.4 Å². The molecule has 0 N–H and O–H groups in total. The van der Waals surface area contributed by atoms with E-state index in [0.717, 1.165) is 0 Å². The van der Waals surface area contributed by atoms with Gasteiger partial charge in [0.25, 0.3) is 5.22 Å². The van der Waals surface area contributed by atoms with Crippen LogP contribution in [0.15, 0.2) is 40.0 Å². The molecule has 9 heteroatoms. The number of carbonyl (C=O) groups is 1. The Morgan fingerprint density at radius 3 is 2.12 bits per heavy atom. The van der Waals surface area contributed by atoms with Crippen molar-refractivity contribution in [3.8, 4) is 11.5 Å². The molecule has 1 heterocycles. The Kier molecular flexibility index (Phi) is 4.58.